The topological polar surface area (TPSA) is 81.1 Å². The predicted octanol–water partition coefficient (Wildman–Crippen LogP) is 3.25. The van der Waals surface area contributed by atoms with E-state index >= 15 is 0 Å². The van der Waals surface area contributed by atoms with Crippen molar-refractivity contribution in [2.45, 2.75) is 0 Å². The standard InChI is InChI=1S/C18H18ClN5O2/c1-20-18(25)12-10-21-16(19)9-15(12)22-14-6-4-5-11(17(14)26-3)13-7-8-24(2)23-13/h4-10H,1-3H3,(H,20,25)(H,21,22). The first-order valence-electron chi connectivity index (χ1n) is 7.85. The van der Waals surface area contributed by atoms with E-state index in [-0.39, 0.29) is 11.1 Å². The number of aromatic nitrogens is 3. The second kappa shape index (κ2) is 7.45. The summed E-state index contributed by atoms with van der Waals surface area (Å²) < 4.78 is 7.33. The average Bonchev–Trinajstić information content (AvgIpc) is 3.07. The molecule has 134 valence electrons. The molecule has 0 radical (unpaired) electrons. The van der Waals surface area contributed by atoms with Crippen LogP contribution in [0.25, 0.3) is 11.3 Å². The molecule has 8 heteroatoms. The van der Waals surface area contributed by atoms with Gasteiger partial charge in [-0.25, -0.2) is 4.98 Å². The first kappa shape index (κ1) is 17.8. The molecule has 2 heterocycles. The smallest absolute Gasteiger partial charge is 0.254 e. The van der Waals surface area contributed by atoms with Crippen LogP contribution in [0.2, 0.25) is 5.15 Å². The zero-order valence-corrected chi connectivity index (χ0v) is 15.3. The largest absolute Gasteiger partial charge is 0.494 e. The molecule has 0 unspecified atom stereocenters. The van der Waals surface area contributed by atoms with Crippen molar-refractivity contribution >= 4 is 28.9 Å². The molecule has 26 heavy (non-hydrogen) atoms. The highest BCUT2D eigenvalue weighted by molar-refractivity contribution is 6.29. The van der Waals surface area contributed by atoms with Crippen LogP contribution in [0.4, 0.5) is 11.4 Å². The van der Waals surface area contributed by atoms with Gasteiger partial charge in [0.25, 0.3) is 5.91 Å². The molecule has 1 amide bonds. The Kier molecular flexibility index (Phi) is 5.09. The summed E-state index contributed by atoms with van der Waals surface area (Å²) in [7, 11) is 5.00. The number of nitrogens with zero attached hydrogens (tertiary/aromatic N) is 3. The number of aryl methyl sites for hydroxylation is 1. The number of carbonyl (C=O) groups is 1. The predicted molar refractivity (Wildman–Crippen MR) is 101 cm³/mol. The first-order valence-corrected chi connectivity index (χ1v) is 8.23. The van der Waals surface area contributed by atoms with Gasteiger partial charge >= 0.3 is 0 Å². The van der Waals surface area contributed by atoms with Crippen molar-refractivity contribution in [1.82, 2.24) is 20.1 Å². The van der Waals surface area contributed by atoms with E-state index < -0.39 is 0 Å². The molecule has 0 atom stereocenters. The van der Waals surface area contributed by atoms with Crippen LogP contribution >= 0.6 is 11.6 Å². The Hall–Kier alpha value is -3.06. The van der Waals surface area contributed by atoms with Crippen molar-refractivity contribution in [3.05, 3.63) is 53.4 Å². The van der Waals surface area contributed by atoms with Gasteiger partial charge in [0, 0.05) is 32.1 Å². The molecule has 0 saturated carbocycles. The number of halogens is 1. The van der Waals surface area contributed by atoms with Crippen molar-refractivity contribution < 1.29 is 9.53 Å². The van der Waals surface area contributed by atoms with Crippen LogP contribution < -0.4 is 15.4 Å². The molecular formula is C18H18ClN5O2. The second-order valence-corrected chi connectivity index (χ2v) is 5.91. The minimum absolute atomic E-state index is 0.267. The third-order valence-electron chi connectivity index (χ3n) is 3.82. The number of hydrogen-bond donors (Lipinski definition) is 2. The Labute approximate surface area is 156 Å². The minimum atomic E-state index is -0.267. The molecule has 0 saturated heterocycles. The van der Waals surface area contributed by atoms with Crippen LogP contribution in [-0.2, 0) is 7.05 Å². The van der Waals surface area contributed by atoms with Crippen molar-refractivity contribution in [2.75, 3.05) is 19.5 Å². The van der Waals surface area contributed by atoms with Gasteiger partial charge in [0.05, 0.1) is 29.7 Å². The van der Waals surface area contributed by atoms with Crippen LogP contribution in [0.3, 0.4) is 0 Å². The van der Waals surface area contributed by atoms with Crippen molar-refractivity contribution in [2.24, 2.45) is 7.05 Å². The Bertz CT molecular complexity index is 955. The van der Waals surface area contributed by atoms with Crippen LogP contribution in [-0.4, -0.2) is 34.8 Å². The molecular weight excluding hydrogens is 354 g/mol. The Morgan fingerprint density at radius 3 is 2.73 bits per heavy atom. The molecule has 1 aromatic carbocycles. The van der Waals surface area contributed by atoms with Gasteiger partial charge in [-0.15, -0.1) is 0 Å². The van der Waals surface area contributed by atoms with Crippen LogP contribution in [0.1, 0.15) is 10.4 Å². The lowest BCUT2D eigenvalue weighted by Gasteiger charge is -2.16. The number of carbonyl (C=O) groups excluding carboxylic acids is 1. The summed E-state index contributed by atoms with van der Waals surface area (Å²) >= 11 is 6.01. The van der Waals surface area contributed by atoms with E-state index in [2.05, 4.69) is 20.7 Å². The van der Waals surface area contributed by atoms with E-state index in [0.29, 0.717) is 22.7 Å². The number of benzene rings is 1. The molecule has 0 aliphatic heterocycles. The van der Waals surface area contributed by atoms with Crippen LogP contribution in [0, 0.1) is 0 Å². The van der Waals surface area contributed by atoms with Gasteiger partial charge in [-0.3, -0.25) is 9.48 Å². The summed E-state index contributed by atoms with van der Waals surface area (Å²) in [5, 5.41) is 10.5. The minimum Gasteiger partial charge on any atom is -0.494 e. The van der Waals surface area contributed by atoms with Gasteiger partial charge in [0.15, 0.2) is 5.75 Å². The average molecular weight is 372 g/mol. The van der Waals surface area contributed by atoms with E-state index in [0.717, 1.165) is 11.3 Å². The first-order chi connectivity index (χ1) is 12.5. The van der Waals surface area contributed by atoms with Crippen molar-refractivity contribution in [1.29, 1.82) is 0 Å². The molecule has 0 fully saturated rings. The Balaban J connectivity index is 2.06. The Morgan fingerprint density at radius 1 is 1.27 bits per heavy atom. The normalized spacial score (nSPS) is 10.5. The number of pyridine rings is 1. The van der Waals surface area contributed by atoms with E-state index in [1.54, 1.807) is 24.9 Å². The van der Waals surface area contributed by atoms with Gasteiger partial charge < -0.3 is 15.4 Å². The SMILES string of the molecule is CNC(=O)c1cnc(Cl)cc1Nc1cccc(-c2ccn(C)n2)c1OC. The zero-order chi connectivity index (χ0) is 18.7. The summed E-state index contributed by atoms with van der Waals surface area (Å²) in [6, 6.07) is 9.16. The quantitative estimate of drug-likeness (QED) is 0.673. The van der Waals surface area contributed by atoms with E-state index in [1.165, 1.54) is 6.20 Å². The van der Waals surface area contributed by atoms with Gasteiger partial charge in [-0.05, 0) is 24.3 Å². The lowest BCUT2D eigenvalue weighted by Crippen LogP contribution is -2.19. The highest BCUT2D eigenvalue weighted by Crippen LogP contribution is 2.37. The van der Waals surface area contributed by atoms with Crippen molar-refractivity contribution in [3.63, 3.8) is 0 Å². The highest BCUT2D eigenvalue weighted by atomic mass is 35.5. The number of amides is 1. The maximum atomic E-state index is 12.1. The van der Waals surface area contributed by atoms with Crippen LogP contribution in [0.5, 0.6) is 5.75 Å². The maximum absolute atomic E-state index is 12.1. The molecule has 0 aliphatic rings. The molecule has 7 nitrogen and oxygen atoms in total. The fourth-order valence-electron chi connectivity index (χ4n) is 2.61. The zero-order valence-electron chi connectivity index (χ0n) is 14.6. The molecule has 2 aromatic heterocycles. The molecule has 2 N–H and O–H groups in total. The van der Waals surface area contributed by atoms with Gasteiger partial charge in [-0.2, -0.15) is 5.10 Å². The maximum Gasteiger partial charge on any atom is 0.254 e. The van der Waals surface area contributed by atoms with Gasteiger partial charge in [0.2, 0.25) is 0 Å². The summed E-state index contributed by atoms with van der Waals surface area (Å²) in [5.41, 5.74) is 3.21. The molecule has 0 aliphatic carbocycles. The van der Waals surface area contributed by atoms with E-state index in [9.17, 15) is 4.79 Å². The number of nitrogens with one attached hydrogen (secondary N) is 2. The van der Waals surface area contributed by atoms with Gasteiger partial charge in [-0.1, -0.05) is 17.7 Å². The van der Waals surface area contributed by atoms with Crippen molar-refractivity contribution in [3.8, 4) is 17.0 Å². The Morgan fingerprint density at radius 2 is 2.08 bits per heavy atom. The van der Waals surface area contributed by atoms with Gasteiger partial charge in [0.1, 0.15) is 5.15 Å². The second-order valence-electron chi connectivity index (χ2n) is 5.52. The molecule has 0 bridgehead atoms. The number of methoxy groups -OCH3 is 1. The molecule has 3 rings (SSSR count). The molecule has 0 spiro atoms. The number of hydrogen-bond acceptors (Lipinski definition) is 5. The summed E-state index contributed by atoms with van der Waals surface area (Å²) in [5.74, 6) is 0.346. The highest BCUT2D eigenvalue weighted by Gasteiger charge is 2.16. The fraction of sp³-hybridized carbons (Fsp3) is 0.167. The summed E-state index contributed by atoms with van der Waals surface area (Å²) in [6.07, 6.45) is 3.29. The summed E-state index contributed by atoms with van der Waals surface area (Å²) in [4.78, 5) is 16.1. The number of para-hydroxylation sites is 1. The third-order valence-corrected chi connectivity index (χ3v) is 4.03. The monoisotopic (exact) mass is 371 g/mol. The summed E-state index contributed by atoms with van der Waals surface area (Å²) in [6.45, 7) is 0. The lowest BCUT2D eigenvalue weighted by molar-refractivity contribution is 0.0963. The van der Waals surface area contributed by atoms with E-state index in [4.69, 9.17) is 16.3 Å². The fourth-order valence-corrected chi connectivity index (χ4v) is 2.77. The number of ether oxygens (including phenoxy) is 1. The third kappa shape index (κ3) is 3.48. The lowest BCUT2D eigenvalue weighted by atomic mass is 10.1. The van der Waals surface area contributed by atoms with E-state index in [1.807, 2.05) is 37.5 Å². The number of anilines is 2. The van der Waals surface area contributed by atoms with Crippen LogP contribution in [0.15, 0.2) is 42.7 Å². The molecule has 3 aromatic rings. The number of rotatable bonds is 5.